The van der Waals surface area contributed by atoms with Crippen molar-refractivity contribution in [2.45, 2.75) is 39.2 Å². The first kappa shape index (κ1) is 19.5. The molecule has 0 radical (unpaired) electrons. The molecule has 3 atom stereocenters. The summed E-state index contributed by atoms with van der Waals surface area (Å²) < 4.78 is 0. The summed E-state index contributed by atoms with van der Waals surface area (Å²) in [6.45, 7) is 4.01. The van der Waals surface area contributed by atoms with Crippen LogP contribution < -0.4 is 16.4 Å². The van der Waals surface area contributed by atoms with Gasteiger partial charge in [-0.2, -0.15) is 0 Å². The number of amides is 2. The molecule has 0 heterocycles. The molecule has 1 unspecified atom stereocenters. The van der Waals surface area contributed by atoms with E-state index in [0.717, 1.165) is 30.5 Å². The van der Waals surface area contributed by atoms with Crippen LogP contribution in [0.5, 0.6) is 0 Å². The van der Waals surface area contributed by atoms with Crippen LogP contribution in [-0.2, 0) is 9.59 Å². The molecule has 0 bridgehead atoms. The molecule has 23 heavy (non-hydrogen) atoms. The minimum absolute atomic E-state index is 0. The van der Waals surface area contributed by atoms with E-state index in [2.05, 4.69) is 10.6 Å². The number of hydrogen-bond acceptors (Lipinski definition) is 3. The smallest absolute Gasteiger partial charge is 0.223 e. The zero-order valence-electron chi connectivity index (χ0n) is 13.7. The summed E-state index contributed by atoms with van der Waals surface area (Å²) in [5.41, 5.74) is 7.47. The third kappa shape index (κ3) is 5.22. The van der Waals surface area contributed by atoms with Crippen molar-refractivity contribution in [3.63, 3.8) is 0 Å². The summed E-state index contributed by atoms with van der Waals surface area (Å²) in [5.74, 6) is 0.319. The summed E-state index contributed by atoms with van der Waals surface area (Å²) in [4.78, 5) is 23.5. The summed E-state index contributed by atoms with van der Waals surface area (Å²) in [6, 6.07) is 7.45. The van der Waals surface area contributed by atoms with Crippen LogP contribution >= 0.6 is 12.4 Å². The van der Waals surface area contributed by atoms with Crippen LogP contribution in [0.1, 0.15) is 44.7 Å². The topological polar surface area (TPSA) is 84.2 Å². The summed E-state index contributed by atoms with van der Waals surface area (Å²) in [5, 5.41) is 5.83. The second-order valence-corrected chi connectivity index (χ2v) is 6.07. The van der Waals surface area contributed by atoms with Crippen LogP contribution in [0, 0.1) is 11.8 Å². The first-order valence-electron chi connectivity index (χ1n) is 7.89. The Bertz CT molecular complexity index is 550. The Morgan fingerprint density at radius 3 is 2.74 bits per heavy atom. The van der Waals surface area contributed by atoms with E-state index in [1.165, 1.54) is 6.92 Å². The van der Waals surface area contributed by atoms with E-state index in [1.54, 1.807) is 0 Å². The zero-order chi connectivity index (χ0) is 16.1. The lowest BCUT2D eigenvalue weighted by molar-refractivity contribution is -0.126. The summed E-state index contributed by atoms with van der Waals surface area (Å²) in [6.07, 6.45) is 3.04. The lowest BCUT2D eigenvalue weighted by atomic mass is 9.94. The predicted molar refractivity (Wildman–Crippen MR) is 94.4 cm³/mol. The average Bonchev–Trinajstić information content (AvgIpc) is 2.95. The second kappa shape index (κ2) is 8.89. The number of benzene rings is 1. The third-order valence-electron chi connectivity index (χ3n) is 4.36. The molecule has 0 saturated heterocycles. The van der Waals surface area contributed by atoms with E-state index in [0.29, 0.717) is 12.5 Å². The quantitative estimate of drug-likeness (QED) is 0.771. The standard InChI is InChI=1S/C17H25N3O2.ClH/c1-11(13-5-3-7-15(9-13)20-12(2)21)19-17(22)16-8-4-6-14(16)10-18;/h3,5,7,9,11,14,16H,4,6,8,10,18H2,1-2H3,(H,19,22)(H,20,21);1H/t11?,14-,16-;/m1./s1. The Kier molecular flexibility index (Phi) is 7.52. The Morgan fingerprint density at radius 2 is 2.09 bits per heavy atom. The summed E-state index contributed by atoms with van der Waals surface area (Å²) >= 11 is 0. The molecule has 4 N–H and O–H groups in total. The fraction of sp³-hybridized carbons (Fsp3) is 0.529. The first-order valence-corrected chi connectivity index (χ1v) is 7.89. The van der Waals surface area contributed by atoms with Crippen LogP contribution in [0.25, 0.3) is 0 Å². The molecule has 0 aliphatic heterocycles. The van der Waals surface area contributed by atoms with Gasteiger partial charge in [0.05, 0.1) is 6.04 Å². The Labute approximate surface area is 143 Å². The van der Waals surface area contributed by atoms with Gasteiger partial charge in [0.25, 0.3) is 0 Å². The maximum atomic E-state index is 12.4. The van der Waals surface area contributed by atoms with Gasteiger partial charge in [-0.1, -0.05) is 18.6 Å². The van der Waals surface area contributed by atoms with Gasteiger partial charge in [-0.3, -0.25) is 9.59 Å². The Balaban J connectivity index is 0.00000264. The van der Waals surface area contributed by atoms with Crippen molar-refractivity contribution in [1.82, 2.24) is 5.32 Å². The number of rotatable bonds is 5. The molecule has 128 valence electrons. The van der Waals surface area contributed by atoms with Crippen molar-refractivity contribution in [1.29, 1.82) is 0 Å². The van der Waals surface area contributed by atoms with Gasteiger partial charge in [-0.15, -0.1) is 12.4 Å². The fourth-order valence-corrected chi connectivity index (χ4v) is 3.16. The van der Waals surface area contributed by atoms with Crippen LogP contribution in [0.15, 0.2) is 24.3 Å². The largest absolute Gasteiger partial charge is 0.349 e. The molecule has 1 aliphatic rings. The van der Waals surface area contributed by atoms with Gasteiger partial charge >= 0.3 is 0 Å². The van der Waals surface area contributed by atoms with E-state index in [4.69, 9.17) is 5.73 Å². The molecule has 5 nitrogen and oxygen atoms in total. The van der Waals surface area contributed by atoms with Gasteiger partial charge in [0.2, 0.25) is 11.8 Å². The number of hydrogen-bond donors (Lipinski definition) is 3. The number of anilines is 1. The molecule has 1 saturated carbocycles. The number of nitrogens with two attached hydrogens (primary N) is 1. The minimum Gasteiger partial charge on any atom is -0.349 e. The lowest BCUT2D eigenvalue weighted by Gasteiger charge is -2.21. The van der Waals surface area contributed by atoms with Gasteiger partial charge < -0.3 is 16.4 Å². The van der Waals surface area contributed by atoms with Crippen LogP contribution in [-0.4, -0.2) is 18.4 Å². The van der Waals surface area contributed by atoms with Crippen LogP contribution in [0.3, 0.4) is 0 Å². The molecule has 1 aromatic rings. The van der Waals surface area contributed by atoms with Crippen molar-refractivity contribution in [3.05, 3.63) is 29.8 Å². The molecule has 0 spiro atoms. The van der Waals surface area contributed by atoms with Crippen molar-refractivity contribution in [2.24, 2.45) is 17.6 Å². The van der Waals surface area contributed by atoms with E-state index in [-0.39, 0.29) is 36.2 Å². The Morgan fingerprint density at radius 1 is 1.35 bits per heavy atom. The second-order valence-electron chi connectivity index (χ2n) is 6.07. The maximum absolute atomic E-state index is 12.4. The van der Waals surface area contributed by atoms with Crippen molar-refractivity contribution in [2.75, 3.05) is 11.9 Å². The molecule has 2 amide bonds. The molecule has 1 fully saturated rings. The normalized spacial score (nSPS) is 21.2. The van der Waals surface area contributed by atoms with Gasteiger partial charge in [0, 0.05) is 18.5 Å². The highest BCUT2D eigenvalue weighted by Crippen LogP contribution is 2.31. The fourth-order valence-electron chi connectivity index (χ4n) is 3.16. The highest BCUT2D eigenvalue weighted by Gasteiger charge is 2.32. The highest BCUT2D eigenvalue weighted by molar-refractivity contribution is 5.88. The third-order valence-corrected chi connectivity index (χ3v) is 4.36. The van der Waals surface area contributed by atoms with Gasteiger partial charge in [-0.05, 0) is 49.9 Å². The predicted octanol–water partition coefficient (Wildman–Crippen LogP) is 2.62. The van der Waals surface area contributed by atoms with Gasteiger partial charge in [0.15, 0.2) is 0 Å². The minimum atomic E-state index is -0.106. The molecule has 6 heteroatoms. The van der Waals surface area contributed by atoms with Crippen LogP contribution in [0.4, 0.5) is 5.69 Å². The first-order chi connectivity index (χ1) is 10.5. The number of halogens is 1. The summed E-state index contributed by atoms with van der Waals surface area (Å²) in [7, 11) is 0. The van der Waals surface area contributed by atoms with E-state index >= 15 is 0 Å². The number of carbonyl (C=O) groups excluding carboxylic acids is 2. The molecule has 2 rings (SSSR count). The zero-order valence-corrected chi connectivity index (χ0v) is 14.5. The molecular weight excluding hydrogens is 314 g/mol. The lowest BCUT2D eigenvalue weighted by Crippen LogP contribution is -2.36. The van der Waals surface area contributed by atoms with Crippen molar-refractivity contribution >= 4 is 29.9 Å². The number of carbonyl (C=O) groups is 2. The van der Waals surface area contributed by atoms with E-state index in [1.807, 2.05) is 31.2 Å². The monoisotopic (exact) mass is 339 g/mol. The molecule has 1 aromatic carbocycles. The SMILES string of the molecule is CC(=O)Nc1cccc(C(C)NC(=O)[C@@H]2CCC[C@@H]2CN)c1.Cl. The Hall–Kier alpha value is -1.59. The molecule has 0 aromatic heterocycles. The van der Waals surface area contributed by atoms with Crippen LogP contribution in [0.2, 0.25) is 0 Å². The molecule has 1 aliphatic carbocycles. The van der Waals surface area contributed by atoms with Gasteiger partial charge in [0.1, 0.15) is 0 Å². The molecular formula is C17H26ClN3O2. The van der Waals surface area contributed by atoms with Crippen molar-refractivity contribution in [3.8, 4) is 0 Å². The highest BCUT2D eigenvalue weighted by atomic mass is 35.5. The van der Waals surface area contributed by atoms with E-state index < -0.39 is 0 Å². The number of nitrogens with one attached hydrogen (secondary N) is 2. The van der Waals surface area contributed by atoms with E-state index in [9.17, 15) is 9.59 Å². The van der Waals surface area contributed by atoms with Gasteiger partial charge in [-0.25, -0.2) is 0 Å². The maximum Gasteiger partial charge on any atom is 0.223 e. The van der Waals surface area contributed by atoms with Crippen molar-refractivity contribution < 1.29 is 9.59 Å². The average molecular weight is 340 g/mol.